The average molecular weight is 543 g/mol. The van der Waals surface area contributed by atoms with E-state index in [9.17, 15) is 9.69 Å². The molecule has 0 aliphatic heterocycles. The maximum absolute atomic E-state index is 10.9. The zero-order valence-electron chi connectivity index (χ0n) is 23.4. The van der Waals surface area contributed by atoms with Gasteiger partial charge in [0, 0.05) is 6.42 Å². The molecule has 8 heteroatoms. The van der Waals surface area contributed by atoms with Gasteiger partial charge in [-0.15, -0.1) is 0 Å². The Labute approximate surface area is 227 Å². The average Bonchev–Trinajstić information content (AvgIpc) is 2.91. The summed E-state index contributed by atoms with van der Waals surface area (Å²) in [6.07, 6.45) is 17.2. The van der Waals surface area contributed by atoms with Crippen molar-refractivity contribution in [1.29, 1.82) is 0 Å². The molecule has 7 nitrogen and oxygen atoms in total. The number of quaternary nitrogens is 1. The van der Waals surface area contributed by atoms with Crippen LogP contribution in [0.25, 0.3) is 0 Å². The van der Waals surface area contributed by atoms with Gasteiger partial charge in [0.15, 0.2) is 6.10 Å². The molecular weight excluding hydrogens is 489 g/mol. The third-order valence-electron chi connectivity index (χ3n) is 6.36. The zero-order valence-corrected chi connectivity index (χ0v) is 24.3. The second kappa shape index (κ2) is 25.1. The van der Waals surface area contributed by atoms with Crippen molar-refractivity contribution in [1.82, 2.24) is 0 Å². The molecule has 1 aromatic rings. The van der Waals surface area contributed by atoms with Gasteiger partial charge in [-0.05, 0) is 31.4 Å². The topological polar surface area (TPSA) is 90.8 Å². The number of benzene rings is 1. The number of hydrogen-bond acceptors (Lipinski definition) is 6. The number of para-hydroxylation sites is 1. The molecule has 214 valence electrons. The number of ether oxygens (including phenoxy) is 2. The molecule has 0 spiro atoms. The summed E-state index contributed by atoms with van der Waals surface area (Å²) in [6, 6.07) is 8.02. The van der Waals surface area contributed by atoms with Gasteiger partial charge < -0.3 is 28.7 Å². The van der Waals surface area contributed by atoms with Crippen LogP contribution < -0.4 is 10.1 Å². The number of aryl methyl sites for hydroxylation is 1. The highest BCUT2D eigenvalue weighted by Crippen LogP contribution is 2.33. The van der Waals surface area contributed by atoms with Crippen LogP contribution >= 0.6 is 8.60 Å². The number of rotatable bonds is 27. The molecule has 1 rings (SSSR count). The summed E-state index contributed by atoms with van der Waals surface area (Å²) >= 11 is 0. The minimum absolute atomic E-state index is 0.0168. The van der Waals surface area contributed by atoms with E-state index in [4.69, 9.17) is 18.5 Å². The number of carbonyl (C=O) groups is 1. The third-order valence-corrected chi connectivity index (χ3v) is 7.13. The van der Waals surface area contributed by atoms with E-state index >= 15 is 0 Å². The molecule has 0 saturated carbocycles. The minimum Gasteiger partial charge on any atom is -0.489 e. The maximum Gasteiger partial charge on any atom is 0.329 e. The molecule has 1 aromatic carbocycles. The lowest BCUT2D eigenvalue weighted by Gasteiger charge is -2.19. The summed E-state index contributed by atoms with van der Waals surface area (Å²) in [5.41, 5.74) is 1.16. The van der Waals surface area contributed by atoms with Crippen molar-refractivity contribution in [3.8, 4) is 5.75 Å². The van der Waals surface area contributed by atoms with Crippen molar-refractivity contribution < 1.29 is 33.5 Å². The van der Waals surface area contributed by atoms with Gasteiger partial charge in [0.25, 0.3) is 6.47 Å². The Kier molecular flexibility index (Phi) is 22.9. The lowest BCUT2D eigenvalue weighted by atomic mass is 10.0. The summed E-state index contributed by atoms with van der Waals surface area (Å²) < 4.78 is 21.7. The Morgan fingerprint density at radius 3 is 2.16 bits per heavy atom. The van der Waals surface area contributed by atoms with Crippen LogP contribution in [0.4, 0.5) is 0 Å². The van der Waals surface area contributed by atoms with E-state index in [1.807, 2.05) is 18.2 Å². The molecule has 0 amide bonds. The maximum atomic E-state index is 10.9. The van der Waals surface area contributed by atoms with Crippen LogP contribution in [0.5, 0.6) is 5.75 Å². The number of hydrogen-bond donors (Lipinski definition) is 2. The summed E-state index contributed by atoms with van der Waals surface area (Å²) in [4.78, 5) is 20.8. The van der Waals surface area contributed by atoms with E-state index < -0.39 is 14.7 Å². The molecule has 3 N–H and O–H groups in total. The SMILES string of the molecule is CCCCCCCCCCCCCCc1ccccc1OCC(COP(O)OCCC[NH2+]CC)OC=O. The Morgan fingerprint density at radius 2 is 1.51 bits per heavy atom. The Bertz CT molecular complexity index is 651. The standard InChI is InChI=1S/C29H52NO6P/c1-3-5-6-7-8-9-10-11-12-13-14-15-19-27-20-16-17-21-29(27)33-24-28(34-26-31)25-36-37(32)35-23-18-22-30-4-2/h16-17,20-21,26,28,30,32H,3-15,18-19,22-25H2,1-2H3/p+1. The highest BCUT2D eigenvalue weighted by Gasteiger charge is 2.16. The quantitative estimate of drug-likeness (QED) is 0.0796. The monoisotopic (exact) mass is 542 g/mol. The number of unbranched alkanes of at least 4 members (excludes halogenated alkanes) is 11. The first-order valence-electron chi connectivity index (χ1n) is 14.6. The molecule has 0 aliphatic rings. The molecular formula is C29H53NO6P+. The van der Waals surface area contributed by atoms with Crippen LogP contribution in [-0.4, -0.2) is 50.4 Å². The van der Waals surface area contributed by atoms with Crippen LogP contribution in [0.1, 0.15) is 103 Å². The van der Waals surface area contributed by atoms with Gasteiger partial charge in [-0.3, -0.25) is 4.79 Å². The highest BCUT2D eigenvalue weighted by atomic mass is 31.2. The molecule has 0 aromatic heterocycles. The largest absolute Gasteiger partial charge is 0.489 e. The molecule has 2 unspecified atom stereocenters. The lowest BCUT2D eigenvalue weighted by molar-refractivity contribution is -0.652. The summed E-state index contributed by atoms with van der Waals surface area (Å²) in [5.74, 6) is 0.805. The van der Waals surface area contributed by atoms with E-state index in [2.05, 4.69) is 25.2 Å². The van der Waals surface area contributed by atoms with Gasteiger partial charge in [0.2, 0.25) is 0 Å². The van der Waals surface area contributed by atoms with Crippen molar-refractivity contribution in [2.45, 2.75) is 110 Å². The highest BCUT2D eigenvalue weighted by molar-refractivity contribution is 7.40. The van der Waals surface area contributed by atoms with Crippen LogP contribution in [0.15, 0.2) is 24.3 Å². The van der Waals surface area contributed by atoms with Crippen LogP contribution in [0.2, 0.25) is 0 Å². The van der Waals surface area contributed by atoms with E-state index in [0.29, 0.717) is 13.1 Å². The fourth-order valence-corrected chi connectivity index (χ4v) is 4.81. The van der Waals surface area contributed by atoms with Crippen molar-refractivity contribution >= 4 is 15.1 Å². The van der Waals surface area contributed by atoms with Crippen molar-refractivity contribution in [3.63, 3.8) is 0 Å². The number of carbonyl (C=O) groups excluding carboxylic acids is 1. The predicted molar refractivity (Wildman–Crippen MR) is 151 cm³/mol. The van der Waals surface area contributed by atoms with Gasteiger partial charge in [-0.25, -0.2) is 0 Å². The molecule has 0 radical (unpaired) electrons. The number of nitrogens with two attached hydrogens (primary N) is 1. The molecule has 0 fully saturated rings. The van der Waals surface area contributed by atoms with Crippen LogP contribution in [0, 0.1) is 0 Å². The predicted octanol–water partition coefficient (Wildman–Crippen LogP) is 6.08. The molecule has 0 saturated heterocycles. The molecule has 2 atom stereocenters. The van der Waals surface area contributed by atoms with Crippen molar-refractivity contribution in [2.24, 2.45) is 0 Å². The van der Waals surface area contributed by atoms with Gasteiger partial charge in [0.1, 0.15) is 12.4 Å². The first-order chi connectivity index (χ1) is 18.2. The minimum atomic E-state index is -2.00. The Morgan fingerprint density at radius 1 is 0.865 bits per heavy atom. The summed E-state index contributed by atoms with van der Waals surface area (Å²) in [5, 5.41) is 2.17. The second-order valence-corrected chi connectivity index (χ2v) is 10.6. The zero-order chi connectivity index (χ0) is 26.8. The summed E-state index contributed by atoms with van der Waals surface area (Å²) in [7, 11) is -2.00. The smallest absolute Gasteiger partial charge is 0.329 e. The first-order valence-corrected chi connectivity index (χ1v) is 15.7. The second-order valence-electron chi connectivity index (χ2n) is 9.62. The van der Waals surface area contributed by atoms with Crippen LogP contribution in [-0.2, 0) is 25.0 Å². The van der Waals surface area contributed by atoms with E-state index in [1.165, 1.54) is 70.6 Å². The van der Waals surface area contributed by atoms with E-state index in [1.54, 1.807) is 0 Å². The molecule has 37 heavy (non-hydrogen) atoms. The fraction of sp³-hybridized carbons (Fsp3) is 0.759. The molecule has 0 heterocycles. The van der Waals surface area contributed by atoms with Gasteiger partial charge in [-0.1, -0.05) is 95.8 Å². The molecule has 0 aliphatic carbocycles. The normalized spacial score (nSPS) is 12.8. The first kappa shape index (κ1) is 33.8. The Hall–Kier alpha value is -1.24. The van der Waals surface area contributed by atoms with Gasteiger partial charge in [-0.2, -0.15) is 0 Å². The van der Waals surface area contributed by atoms with E-state index in [0.717, 1.165) is 43.7 Å². The molecule has 0 bridgehead atoms. The Balaban J connectivity index is 2.24. The van der Waals surface area contributed by atoms with Gasteiger partial charge in [0.05, 0.1) is 26.3 Å². The van der Waals surface area contributed by atoms with Crippen molar-refractivity contribution in [3.05, 3.63) is 29.8 Å². The van der Waals surface area contributed by atoms with Gasteiger partial charge >= 0.3 is 8.60 Å². The fourth-order valence-electron chi connectivity index (χ4n) is 4.15. The third kappa shape index (κ3) is 19.5. The summed E-state index contributed by atoms with van der Waals surface area (Å²) in [6.45, 7) is 7.32. The van der Waals surface area contributed by atoms with Crippen molar-refractivity contribution in [2.75, 3.05) is 32.9 Å². The lowest BCUT2D eigenvalue weighted by Crippen LogP contribution is -2.83. The van der Waals surface area contributed by atoms with Crippen LogP contribution in [0.3, 0.4) is 0 Å². The van der Waals surface area contributed by atoms with E-state index in [-0.39, 0.29) is 13.2 Å².